The third-order valence-electron chi connectivity index (χ3n) is 3.21. The summed E-state index contributed by atoms with van der Waals surface area (Å²) in [5.74, 6) is 0. The molecule has 2 aromatic heterocycles. The fourth-order valence-corrected chi connectivity index (χ4v) is 2.48. The standard InChI is InChI=1S/C10H8N2.C10H13S.Ni/c1-3-7-11-9(5-1)10-6-2-4-8-12-10;1-10(2,3)8-6-4-5-7-9(8)11;/h1-8H;4-7,11H,1H2,2-3H3;/q;-1;+2/p-1. The van der Waals surface area contributed by atoms with E-state index in [2.05, 4.69) is 30.7 Å². The largest absolute Gasteiger partial charge is 2.00 e. The molecule has 24 heavy (non-hydrogen) atoms. The average Bonchev–Trinajstić information content (AvgIpc) is 2.56. The number of benzene rings is 1. The Kier molecular flexibility index (Phi) is 8.04. The number of aromatic nitrogens is 2. The second kappa shape index (κ2) is 9.51. The van der Waals surface area contributed by atoms with E-state index in [1.165, 1.54) is 0 Å². The molecule has 0 radical (unpaired) electrons. The van der Waals surface area contributed by atoms with E-state index in [-0.39, 0.29) is 21.9 Å². The summed E-state index contributed by atoms with van der Waals surface area (Å²) in [6.07, 6.45) is 3.54. The van der Waals surface area contributed by atoms with E-state index in [1.807, 2.05) is 60.7 Å². The second-order valence-corrected chi connectivity index (χ2v) is 6.25. The molecule has 0 amide bonds. The van der Waals surface area contributed by atoms with Crippen LogP contribution in [0.15, 0.2) is 78.0 Å². The van der Waals surface area contributed by atoms with Crippen molar-refractivity contribution in [3.63, 3.8) is 0 Å². The van der Waals surface area contributed by atoms with Crippen LogP contribution in [0, 0.1) is 6.92 Å². The minimum Gasteiger partial charge on any atom is -0.779 e. The Balaban J connectivity index is 0.000000232. The minimum atomic E-state index is -0.0711. The van der Waals surface area contributed by atoms with Crippen molar-refractivity contribution >= 4 is 12.6 Å². The van der Waals surface area contributed by atoms with Crippen LogP contribution < -0.4 is 0 Å². The monoisotopic (exact) mass is 378 g/mol. The molecule has 0 unspecified atom stereocenters. The van der Waals surface area contributed by atoms with Gasteiger partial charge in [-0.15, -0.1) is 5.41 Å². The van der Waals surface area contributed by atoms with Gasteiger partial charge in [-0.3, -0.25) is 9.97 Å². The predicted octanol–water partition coefficient (Wildman–Crippen LogP) is 4.85. The van der Waals surface area contributed by atoms with E-state index < -0.39 is 0 Å². The van der Waals surface area contributed by atoms with Crippen molar-refractivity contribution in [3.8, 4) is 11.4 Å². The van der Waals surface area contributed by atoms with Gasteiger partial charge in [0, 0.05) is 12.4 Å². The molecule has 3 rings (SSSR count). The van der Waals surface area contributed by atoms with Crippen LogP contribution in [-0.4, -0.2) is 9.97 Å². The molecule has 0 bridgehead atoms. The molecule has 0 spiro atoms. The third kappa shape index (κ3) is 6.03. The van der Waals surface area contributed by atoms with Crippen LogP contribution >= 0.6 is 0 Å². The summed E-state index contributed by atoms with van der Waals surface area (Å²) < 4.78 is 0. The summed E-state index contributed by atoms with van der Waals surface area (Å²) in [6.45, 7) is 8.17. The van der Waals surface area contributed by atoms with E-state index in [4.69, 9.17) is 12.6 Å². The van der Waals surface area contributed by atoms with E-state index in [1.54, 1.807) is 12.4 Å². The first-order chi connectivity index (χ1) is 11.0. The average molecular weight is 379 g/mol. The van der Waals surface area contributed by atoms with Crippen molar-refractivity contribution in [3.05, 3.63) is 85.5 Å². The smallest absolute Gasteiger partial charge is 0.779 e. The van der Waals surface area contributed by atoms with Gasteiger partial charge in [-0.25, -0.2) is 0 Å². The summed E-state index contributed by atoms with van der Waals surface area (Å²) in [6, 6.07) is 19.5. The molecule has 0 atom stereocenters. The fourth-order valence-electron chi connectivity index (χ4n) is 2.05. The minimum absolute atomic E-state index is 0. The van der Waals surface area contributed by atoms with E-state index >= 15 is 0 Å². The molecule has 0 aliphatic rings. The molecule has 0 aliphatic heterocycles. The van der Waals surface area contributed by atoms with Gasteiger partial charge < -0.3 is 19.6 Å². The van der Waals surface area contributed by atoms with Gasteiger partial charge in [0.25, 0.3) is 0 Å². The normalized spacial score (nSPS) is 10.1. The molecule has 1 aromatic carbocycles. The molecule has 126 valence electrons. The molecule has 0 saturated carbocycles. The van der Waals surface area contributed by atoms with Crippen LogP contribution in [0.25, 0.3) is 11.4 Å². The van der Waals surface area contributed by atoms with Gasteiger partial charge in [0.05, 0.1) is 11.4 Å². The number of hydrogen-bond acceptors (Lipinski definition) is 3. The van der Waals surface area contributed by atoms with Gasteiger partial charge in [0.2, 0.25) is 0 Å². The first-order valence-electron chi connectivity index (χ1n) is 7.43. The Bertz CT molecular complexity index is 688. The van der Waals surface area contributed by atoms with Gasteiger partial charge in [-0.05, 0) is 24.3 Å². The third-order valence-corrected chi connectivity index (χ3v) is 3.56. The van der Waals surface area contributed by atoms with Gasteiger partial charge in [0.15, 0.2) is 0 Å². The quantitative estimate of drug-likeness (QED) is 0.362. The van der Waals surface area contributed by atoms with Gasteiger partial charge in [-0.2, -0.15) is 4.90 Å². The van der Waals surface area contributed by atoms with E-state index in [0.29, 0.717) is 0 Å². The van der Waals surface area contributed by atoms with Crippen molar-refractivity contribution < 1.29 is 16.5 Å². The van der Waals surface area contributed by atoms with E-state index in [9.17, 15) is 0 Å². The summed E-state index contributed by atoms with van der Waals surface area (Å²) in [4.78, 5) is 9.28. The van der Waals surface area contributed by atoms with Crippen LogP contribution in [-0.2, 0) is 34.5 Å². The molecule has 4 heteroatoms. The van der Waals surface area contributed by atoms with Gasteiger partial charge in [0.1, 0.15) is 0 Å². The summed E-state index contributed by atoms with van der Waals surface area (Å²) in [7, 11) is 0. The molecule has 0 aliphatic carbocycles. The van der Waals surface area contributed by atoms with Crippen LogP contribution in [0.1, 0.15) is 19.4 Å². The number of rotatable bonds is 2. The molecule has 3 aromatic rings. The zero-order valence-corrected chi connectivity index (χ0v) is 15.6. The van der Waals surface area contributed by atoms with Gasteiger partial charge in [-0.1, -0.05) is 55.8 Å². The Morgan fingerprint density at radius 1 is 0.792 bits per heavy atom. The summed E-state index contributed by atoms with van der Waals surface area (Å²) in [5.41, 5.74) is 2.91. The predicted molar refractivity (Wildman–Crippen MR) is 97.9 cm³/mol. The molecular formula is C20H20N2NiS. The zero-order valence-electron chi connectivity index (χ0n) is 13.8. The molecule has 0 saturated heterocycles. The topological polar surface area (TPSA) is 25.8 Å². The molecule has 0 fully saturated rings. The van der Waals surface area contributed by atoms with Crippen LogP contribution in [0.5, 0.6) is 0 Å². The molecule has 0 N–H and O–H groups in total. The van der Waals surface area contributed by atoms with Crippen LogP contribution in [0.3, 0.4) is 0 Å². The first-order valence-corrected chi connectivity index (χ1v) is 7.83. The maximum absolute atomic E-state index is 5.16. The van der Waals surface area contributed by atoms with Crippen LogP contribution in [0.4, 0.5) is 0 Å². The van der Waals surface area contributed by atoms with Crippen molar-refractivity contribution in [2.45, 2.75) is 24.2 Å². The Morgan fingerprint density at radius 3 is 1.58 bits per heavy atom. The maximum atomic E-state index is 5.16. The van der Waals surface area contributed by atoms with Gasteiger partial charge >= 0.3 is 16.5 Å². The number of hydrogen-bond donors (Lipinski definition) is 0. The van der Waals surface area contributed by atoms with E-state index in [0.717, 1.165) is 21.8 Å². The number of nitrogens with zero attached hydrogens (tertiary/aromatic N) is 2. The summed E-state index contributed by atoms with van der Waals surface area (Å²) >= 11 is 5.16. The second-order valence-electron chi connectivity index (χ2n) is 5.81. The zero-order chi connectivity index (χ0) is 16.7. The maximum Gasteiger partial charge on any atom is 2.00 e. The van der Waals surface area contributed by atoms with Crippen LogP contribution in [0.2, 0.25) is 0 Å². The van der Waals surface area contributed by atoms with Crippen molar-refractivity contribution in [2.75, 3.05) is 0 Å². The van der Waals surface area contributed by atoms with Crippen molar-refractivity contribution in [1.29, 1.82) is 0 Å². The molecule has 2 heterocycles. The van der Waals surface area contributed by atoms with Crippen molar-refractivity contribution in [2.24, 2.45) is 0 Å². The molecular weight excluding hydrogens is 359 g/mol. The fraction of sp³-hybridized carbons (Fsp3) is 0.150. The molecule has 2 nitrogen and oxygen atoms in total. The SMILES string of the molecule is [CH2-]C(C)(C)c1ccccc1[S-].[Ni+2].c1ccc(-c2ccccn2)nc1. The Labute approximate surface area is 160 Å². The van der Waals surface area contributed by atoms with Crippen molar-refractivity contribution in [1.82, 2.24) is 9.97 Å². The Morgan fingerprint density at radius 2 is 1.25 bits per heavy atom. The number of pyridine rings is 2. The first kappa shape index (κ1) is 20.3. The Hall–Kier alpha value is -1.77. The summed E-state index contributed by atoms with van der Waals surface area (Å²) in [5, 5.41) is 0.